The van der Waals surface area contributed by atoms with Crippen LogP contribution in [0.1, 0.15) is 29.9 Å². The molecule has 1 aromatic carbocycles. The van der Waals surface area contributed by atoms with Gasteiger partial charge in [0.2, 0.25) is 0 Å². The van der Waals surface area contributed by atoms with Crippen LogP contribution in [0, 0.1) is 6.92 Å². The number of pyridine rings is 1. The number of rotatable bonds is 5. The number of para-hydroxylation sites is 1. The third kappa shape index (κ3) is 3.52. The van der Waals surface area contributed by atoms with E-state index in [9.17, 15) is 9.90 Å². The Morgan fingerprint density at radius 1 is 1.35 bits per heavy atom. The molecule has 0 unspecified atom stereocenters. The molecular formula is C19H21N3O4. The molecule has 0 saturated heterocycles. The fraction of sp³-hybridized carbons (Fsp3) is 0.316. The van der Waals surface area contributed by atoms with Crippen LogP contribution in [0.2, 0.25) is 0 Å². The predicted molar refractivity (Wildman–Crippen MR) is 97.2 cm³/mol. The minimum absolute atomic E-state index is 0.115. The molecule has 2 N–H and O–H groups in total. The summed E-state index contributed by atoms with van der Waals surface area (Å²) in [6.07, 6.45) is 0. The molecule has 2 heterocycles. The molecule has 0 saturated carbocycles. The Morgan fingerprint density at radius 3 is 2.77 bits per heavy atom. The molecule has 136 valence electrons. The quantitative estimate of drug-likeness (QED) is 0.730. The molecule has 0 radical (unpaired) electrons. The highest BCUT2D eigenvalue weighted by molar-refractivity contribution is 6.07. The van der Waals surface area contributed by atoms with Gasteiger partial charge in [-0.2, -0.15) is 0 Å². The van der Waals surface area contributed by atoms with Gasteiger partial charge in [0.25, 0.3) is 11.6 Å². The number of nitrogens with zero attached hydrogens (tertiary/aromatic N) is 2. The van der Waals surface area contributed by atoms with E-state index in [4.69, 9.17) is 9.26 Å². The molecule has 0 aliphatic carbocycles. The molecule has 7 nitrogen and oxygen atoms in total. The summed E-state index contributed by atoms with van der Waals surface area (Å²) in [4.78, 5) is 17.2. The van der Waals surface area contributed by atoms with Crippen LogP contribution in [0.3, 0.4) is 0 Å². The Morgan fingerprint density at radius 2 is 2.08 bits per heavy atom. The summed E-state index contributed by atoms with van der Waals surface area (Å²) in [5, 5.41) is 17.1. The van der Waals surface area contributed by atoms with Crippen molar-refractivity contribution in [2.75, 3.05) is 13.7 Å². The first-order chi connectivity index (χ1) is 12.3. The van der Waals surface area contributed by atoms with Gasteiger partial charge in [0.05, 0.1) is 35.0 Å². The zero-order valence-corrected chi connectivity index (χ0v) is 15.2. The molecule has 1 amide bonds. The van der Waals surface area contributed by atoms with Gasteiger partial charge in [-0.25, -0.2) is 4.98 Å². The Balaban J connectivity index is 2.12. The van der Waals surface area contributed by atoms with Crippen LogP contribution in [0.25, 0.3) is 22.4 Å². The lowest BCUT2D eigenvalue weighted by Gasteiger charge is -2.18. The van der Waals surface area contributed by atoms with Gasteiger partial charge >= 0.3 is 0 Å². The summed E-state index contributed by atoms with van der Waals surface area (Å²) in [5.74, 6) is 0.306. The number of fused-ring (bicyclic) bond motifs is 1. The zero-order chi connectivity index (χ0) is 18.9. The van der Waals surface area contributed by atoms with E-state index in [2.05, 4.69) is 15.5 Å². The first kappa shape index (κ1) is 17.9. The summed E-state index contributed by atoms with van der Waals surface area (Å²) in [7, 11) is 1.58. The fourth-order valence-electron chi connectivity index (χ4n) is 2.66. The Hall–Kier alpha value is -2.93. The second kappa shape index (κ2) is 6.76. The van der Waals surface area contributed by atoms with Gasteiger partial charge in [0.15, 0.2) is 0 Å². The molecule has 2 aromatic heterocycles. The van der Waals surface area contributed by atoms with Crippen LogP contribution in [0.5, 0.6) is 5.75 Å². The van der Waals surface area contributed by atoms with E-state index < -0.39 is 5.60 Å². The van der Waals surface area contributed by atoms with Gasteiger partial charge in [-0.15, -0.1) is 0 Å². The molecule has 0 bridgehead atoms. The van der Waals surface area contributed by atoms with Gasteiger partial charge in [0, 0.05) is 12.1 Å². The number of carbonyl (C=O) groups excluding carboxylic acids is 1. The van der Waals surface area contributed by atoms with Crippen LogP contribution >= 0.6 is 0 Å². The molecule has 0 aliphatic heterocycles. The maximum absolute atomic E-state index is 12.7. The number of nitrogens with one attached hydrogen (secondary N) is 1. The van der Waals surface area contributed by atoms with E-state index >= 15 is 0 Å². The van der Waals surface area contributed by atoms with E-state index in [1.54, 1.807) is 33.9 Å². The topological polar surface area (TPSA) is 97.5 Å². The number of aromatic nitrogens is 2. The molecule has 0 aliphatic rings. The van der Waals surface area contributed by atoms with Crippen LogP contribution in [-0.4, -0.2) is 40.4 Å². The average molecular weight is 355 g/mol. The summed E-state index contributed by atoms with van der Waals surface area (Å²) in [5.41, 5.74) is 1.50. The van der Waals surface area contributed by atoms with Gasteiger partial charge in [-0.3, -0.25) is 4.79 Å². The molecule has 0 spiro atoms. The number of hydrogen-bond acceptors (Lipinski definition) is 6. The summed E-state index contributed by atoms with van der Waals surface area (Å²) < 4.78 is 10.7. The van der Waals surface area contributed by atoms with E-state index in [0.29, 0.717) is 28.1 Å². The van der Waals surface area contributed by atoms with Crippen molar-refractivity contribution < 1.29 is 19.2 Å². The van der Waals surface area contributed by atoms with Crippen LogP contribution in [-0.2, 0) is 0 Å². The fourth-order valence-corrected chi connectivity index (χ4v) is 2.66. The maximum Gasteiger partial charge on any atom is 0.259 e. The minimum Gasteiger partial charge on any atom is -0.496 e. The number of amides is 1. The van der Waals surface area contributed by atoms with E-state index in [1.807, 2.05) is 24.3 Å². The van der Waals surface area contributed by atoms with Crippen molar-refractivity contribution in [3.8, 4) is 17.0 Å². The lowest BCUT2D eigenvalue weighted by atomic mass is 10.0. The summed E-state index contributed by atoms with van der Waals surface area (Å²) in [6.45, 7) is 5.12. The van der Waals surface area contributed by atoms with Crippen molar-refractivity contribution in [1.82, 2.24) is 15.5 Å². The van der Waals surface area contributed by atoms with Crippen molar-refractivity contribution in [1.29, 1.82) is 0 Å². The second-order valence-corrected chi connectivity index (χ2v) is 6.70. The van der Waals surface area contributed by atoms with Crippen LogP contribution < -0.4 is 10.1 Å². The lowest BCUT2D eigenvalue weighted by molar-refractivity contribution is 0.0695. The highest BCUT2D eigenvalue weighted by Crippen LogP contribution is 2.32. The van der Waals surface area contributed by atoms with Crippen molar-refractivity contribution in [2.24, 2.45) is 0 Å². The van der Waals surface area contributed by atoms with E-state index in [1.165, 1.54) is 0 Å². The highest BCUT2D eigenvalue weighted by atomic mass is 16.5. The monoisotopic (exact) mass is 355 g/mol. The highest BCUT2D eigenvalue weighted by Gasteiger charge is 2.22. The smallest absolute Gasteiger partial charge is 0.259 e. The van der Waals surface area contributed by atoms with Crippen molar-refractivity contribution in [2.45, 2.75) is 26.4 Å². The molecule has 0 atom stereocenters. The van der Waals surface area contributed by atoms with Crippen molar-refractivity contribution in [3.63, 3.8) is 0 Å². The van der Waals surface area contributed by atoms with Crippen LogP contribution in [0.4, 0.5) is 0 Å². The maximum atomic E-state index is 12.7. The molecule has 26 heavy (non-hydrogen) atoms. The number of ether oxygens (including phenoxy) is 1. The number of aliphatic hydroxyl groups is 1. The largest absolute Gasteiger partial charge is 0.496 e. The number of methoxy groups -OCH3 is 1. The number of benzene rings is 1. The summed E-state index contributed by atoms with van der Waals surface area (Å²) >= 11 is 0. The number of aryl methyl sites for hydroxylation is 1. The molecule has 0 fully saturated rings. The average Bonchev–Trinajstić information content (AvgIpc) is 2.99. The zero-order valence-electron chi connectivity index (χ0n) is 15.2. The van der Waals surface area contributed by atoms with Crippen LogP contribution in [0.15, 0.2) is 34.9 Å². The predicted octanol–water partition coefficient (Wildman–Crippen LogP) is 2.71. The molecule has 3 rings (SSSR count). The van der Waals surface area contributed by atoms with E-state index in [-0.39, 0.29) is 18.2 Å². The van der Waals surface area contributed by atoms with Gasteiger partial charge in [-0.1, -0.05) is 17.3 Å². The first-order valence-electron chi connectivity index (χ1n) is 8.21. The van der Waals surface area contributed by atoms with Gasteiger partial charge < -0.3 is 19.7 Å². The van der Waals surface area contributed by atoms with Crippen molar-refractivity contribution in [3.05, 3.63) is 41.6 Å². The lowest BCUT2D eigenvalue weighted by Crippen LogP contribution is -2.38. The SMILES string of the molecule is COc1ccccc1-c1cc(C(=O)NCC(C)(C)O)c2c(C)noc2n1. The Kier molecular flexibility index (Phi) is 4.65. The van der Waals surface area contributed by atoms with E-state index in [0.717, 1.165) is 5.56 Å². The third-order valence-electron chi connectivity index (χ3n) is 3.93. The Bertz CT molecular complexity index is 957. The molecular weight excluding hydrogens is 334 g/mol. The van der Waals surface area contributed by atoms with Gasteiger partial charge in [-0.05, 0) is 39.0 Å². The Labute approximate surface area is 151 Å². The number of hydrogen-bond donors (Lipinski definition) is 2. The molecule has 3 aromatic rings. The van der Waals surface area contributed by atoms with Gasteiger partial charge in [0.1, 0.15) is 5.75 Å². The number of carbonyl (C=O) groups is 1. The first-order valence-corrected chi connectivity index (χ1v) is 8.21. The molecule has 7 heteroatoms. The summed E-state index contributed by atoms with van der Waals surface area (Å²) in [6, 6.07) is 9.08. The minimum atomic E-state index is -1.02. The standard InChI is InChI=1S/C19H21N3O4/c1-11-16-13(17(23)20-10-19(2,3)24)9-14(21-18(16)26-22-11)12-7-5-6-8-15(12)25-4/h5-9,24H,10H2,1-4H3,(H,20,23). The normalized spacial score (nSPS) is 11.6. The van der Waals surface area contributed by atoms with Crippen molar-refractivity contribution >= 4 is 17.0 Å². The second-order valence-electron chi connectivity index (χ2n) is 6.70. The third-order valence-corrected chi connectivity index (χ3v) is 3.93.